The van der Waals surface area contributed by atoms with Gasteiger partial charge in [0.2, 0.25) is 5.91 Å². The molecular formula is C21H25NO2. The summed E-state index contributed by atoms with van der Waals surface area (Å²) in [7, 11) is 1.68. The lowest BCUT2D eigenvalue weighted by atomic mass is 9.98. The Bertz CT molecular complexity index is 651. The van der Waals surface area contributed by atoms with Gasteiger partial charge in [-0.2, -0.15) is 0 Å². The van der Waals surface area contributed by atoms with Crippen LogP contribution in [0, 0.1) is 0 Å². The van der Waals surface area contributed by atoms with E-state index in [2.05, 4.69) is 36.4 Å². The number of hydrogen-bond acceptors (Lipinski definition) is 2. The van der Waals surface area contributed by atoms with E-state index in [0.717, 1.165) is 38.1 Å². The van der Waals surface area contributed by atoms with E-state index in [1.165, 1.54) is 11.1 Å². The highest BCUT2D eigenvalue weighted by Gasteiger charge is 2.26. The molecule has 1 unspecified atom stereocenters. The Morgan fingerprint density at radius 2 is 1.88 bits per heavy atom. The second kappa shape index (κ2) is 8.00. The van der Waals surface area contributed by atoms with Gasteiger partial charge >= 0.3 is 0 Å². The third-order valence-corrected chi connectivity index (χ3v) is 4.83. The number of amides is 1. The molecule has 1 heterocycles. The first-order chi connectivity index (χ1) is 11.8. The van der Waals surface area contributed by atoms with Crippen molar-refractivity contribution in [1.29, 1.82) is 0 Å². The molecule has 24 heavy (non-hydrogen) atoms. The molecule has 0 saturated carbocycles. The third kappa shape index (κ3) is 4.16. The zero-order valence-corrected chi connectivity index (χ0v) is 14.3. The molecule has 3 nitrogen and oxygen atoms in total. The second-order valence-corrected chi connectivity index (χ2v) is 6.44. The van der Waals surface area contributed by atoms with Crippen molar-refractivity contribution in [1.82, 2.24) is 4.90 Å². The highest BCUT2D eigenvalue weighted by molar-refractivity contribution is 5.76. The zero-order chi connectivity index (χ0) is 16.8. The van der Waals surface area contributed by atoms with E-state index in [1.807, 2.05) is 23.1 Å². The SMILES string of the molecule is COc1ccc(C2CCN(C(=O)CCCc3ccccc3)C2)cc1. The molecule has 1 fully saturated rings. The molecule has 2 aromatic carbocycles. The highest BCUT2D eigenvalue weighted by Crippen LogP contribution is 2.29. The molecule has 1 saturated heterocycles. The van der Waals surface area contributed by atoms with Crippen molar-refractivity contribution >= 4 is 5.91 Å². The predicted molar refractivity (Wildman–Crippen MR) is 96.3 cm³/mol. The van der Waals surface area contributed by atoms with Gasteiger partial charge in [0.05, 0.1) is 7.11 Å². The lowest BCUT2D eigenvalue weighted by Crippen LogP contribution is -2.28. The third-order valence-electron chi connectivity index (χ3n) is 4.83. The lowest BCUT2D eigenvalue weighted by molar-refractivity contribution is -0.130. The lowest BCUT2D eigenvalue weighted by Gasteiger charge is -2.17. The maximum atomic E-state index is 12.4. The van der Waals surface area contributed by atoms with E-state index in [9.17, 15) is 4.79 Å². The fourth-order valence-corrected chi connectivity index (χ4v) is 3.38. The minimum atomic E-state index is 0.293. The van der Waals surface area contributed by atoms with Crippen LogP contribution in [0.15, 0.2) is 54.6 Å². The van der Waals surface area contributed by atoms with Crippen molar-refractivity contribution in [2.24, 2.45) is 0 Å². The summed E-state index contributed by atoms with van der Waals surface area (Å²) in [6, 6.07) is 18.6. The number of benzene rings is 2. The normalized spacial score (nSPS) is 17.0. The molecule has 1 aliphatic rings. The van der Waals surface area contributed by atoms with Crippen LogP contribution in [0.25, 0.3) is 0 Å². The van der Waals surface area contributed by atoms with Crippen LogP contribution in [0.1, 0.15) is 36.3 Å². The van der Waals surface area contributed by atoms with Gasteiger partial charge < -0.3 is 9.64 Å². The molecule has 126 valence electrons. The number of nitrogens with zero attached hydrogens (tertiary/aromatic N) is 1. The predicted octanol–water partition coefficient (Wildman–Crippen LogP) is 4.03. The summed E-state index contributed by atoms with van der Waals surface area (Å²) in [6.45, 7) is 1.72. The summed E-state index contributed by atoms with van der Waals surface area (Å²) in [5.74, 6) is 1.63. The fraction of sp³-hybridized carbons (Fsp3) is 0.381. The summed E-state index contributed by atoms with van der Waals surface area (Å²) < 4.78 is 5.21. The maximum Gasteiger partial charge on any atom is 0.222 e. The Balaban J connectivity index is 1.46. The molecule has 0 spiro atoms. The van der Waals surface area contributed by atoms with Crippen LogP contribution in [-0.4, -0.2) is 31.0 Å². The Morgan fingerprint density at radius 1 is 1.12 bits per heavy atom. The van der Waals surface area contributed by atoms with Crippen LogP contribution in [-0.2, 0) is 11.2 Å². The monoisotopic (exact) mass is 323 g/mol. The van der Waals surface area contributed by atoms with E-state index < -0.39 is 0 Å². The second-order valence-electron chi connectivity index (χ2n) is 6.44. The van der Waals surface area contributed by atoms with Crippen LogP contribution >= 0.6 is 0 Å². The molecule has 0 radical (unpaired) electrons. The standard InChI is InChI=1S/C21H25NO2/c1-24-20-12-10-18(11-13-20)19-14-15-22(16-19)21(23)9-5-8-17-6-3-2-4-7-17/h2-4,6-7,10-13,19H,5,8-9,14-16H2,1H3. The first-order valence-corrected chi connectivity index (χ1v) is 8.72. The summed E-state index contributed by atoms with van der Waals surface area (Å²) in [4.78, 5) is 14.4. The summed E-state index contributed by atoms with van der Waals surface area (Å²) in [5.41, 5.74) is 2.61. The molecule has 1 aliphatic heterocycles. The van der Waals surface area contributed by atoms with Gasteiger partial charge in [-0.25, -0.2) is 0 Å². The van der Waals surface area contributed by atoms with E-state index in [-0.39, 0.29) is 0 Å². The van der Waals surface area contributed by atoms with Crippen LogP contribution in [0.4, 0.5) is 0 Å². The number of rotatable bonds is 6. The summed E-state index contributed by atoms with van der Waals surface area (Å²) >= 11 is 0. The van der Waals surface area contributed by atoms with Gasteiger partial charge in [0.1, 0.15) is 5.75 Å². The average Bonchev–Trinajstić information content (AvgIpc) is 3.13. The molecule has 0 aromatic heterocycles. The van der Waals surface area contributed by atoms with E-state index >= 15 is 0 Å². The van der Waals surface area contributed by atoms with Crippen LogP contribution in [0.5, 0.6) is 5.75 Å². The van der Waals surface area contributed by atoms with Crippen LogP contribution in [0.3, 0.4) is 0 Å². The number of ether oxygens (including phenoxy) is 1. The summed E-state index contributed by atoms with van der Waals surface area (Å²) in [6.07, 6.45) is 3.59. The van der Waals surface area contributed by atoms with Gasteiger partial charge in [-0.05, 0) is 42.5 Å². The van der Waals surface area contributed by atoms with Gasteiger partial charge in [-0.3, -0.25) is 4.79 Å². The number of carbonyl (C=O) groups excluding carboxylic acids is 1. The van der Waals surface area contributed by atoms with E-state index in [4.69, 9.17) is 4.74 Å². The molecule has 1 amide bonds. The zero-order valence-electron chi connectivity index (χ0n) is 14.3. The Hall–Kier alpha value is -2.29. The van der Waals surface area contributed by atoms with Crippen molar-refractivity contribution in [2.75, 3.05) is 20.2 Å². The number of carbonyl (C=O) groups is 1. The minimum Gasteiger partial charge on any atom is -0.497 e. The van der Waals surface area contributed by atoms with Crippen LogP contribution < -0.4 is 4.74 Å². The number of methoxy groups -OCH3 is 1. The van der Waals surface area contributed by atoms with E-state index in [0.29, 0.717) is 18.2 Å². The first-order valence-electron chi connectivity index (χ1n) is 8.72. The Labute approximate surface area is 144 Å². The smallest absolute Gasteiger partial charge is 0.222 e. The molecule has 1 atom stereocenters. The Kier molecular flexibility index (Phi) is 5.52. The quantitative estimate of drug-likeness (QED) is 0.803. The molecule has 3 rings (SSSR count). The van der Waals surface area contributed by atoms with Gasteiger partial charge in [0.25, 0.3) is 0 Å². The van der Waals surface area contributed by atoms with Gasteiger partial charge in [0.15, 0.2) is 0 Å². The molecule has 0 N–H and O–H groups in total. The fourth-order valence-electron chi connectivity index (χ4n) is 3.38. The molecule has 0 bridgehead atoms. The Morgan fingerprint density at radius 3 is 2.58 bits per heavy atom. The summed E-state index contributed by atoms with van der Waals surface area (Å²) in [5, 5.41) is 0. The van der Waals surface area contributed by atoms with Crippen LogP contribution in [0.2, 0.25) is 0 Å². The first kappa shape index (κ1) is 16.6. The molecular weight excluding hydrogens is 298 g/mol. The largest absolute Gasteiger partial charge is 0.497 e. The van der Waals surface area contributed by atoms with Crippen molar-refractivity contribution in [3.63, 3.8) is 0 Å². The molecule has 2 aromatic rings. The molecule has 3 heteroatoms. The van der Waals surface area contributed by atoms with Gasteiger partial charge in [0, 0.05) is 25.4 Å². The van der Waals surface area contributed by atoms with Crippen molar-refractivity contribution in [2.45, 2.75) is 31.6 Å². The van der Waals surface area contributed by atoms with Crippen molar-refractivity contribution in [3.05, 3.63) is 65.7 Å². The van der Waals surface area contributed by atoms with Crippen molar-refractivity contribution < 1.29 is 9.53 Å². The number of hydrogen-bond donors (Lipinski definition) is 0. The average molecular weight is 323 g/mol. The van der Waals surface area contributed by atoms with Gasteiger partial charge in [-0.15, -0.1) is 0 Å². The number of aryl methyl sites for hydroxylation is 1. The topological polar surface area (TPSA) is 29.5 Å². The van der Waals surface area contributed by atoms with Gasteiger partial charge in [-0.1, -0.05) is 42.5 Å². The number of likely N-dealkylation sites (tertiary alicyclic amines) is 1. The molecule has 0 aliphatic carbocycles. The highest BCUT2D eigenvalue weighted by atomic mass is 16.5. The van der Waals surface area contributed by atoms with Crippen molar-refractivity contribution in [3.8, 4) is 5.75 Å². The minimum absolute atomic E-state index is 0.293. The van der Waals surface area contributed by atoms with E-state index in [1.54, 1.807) is 7.11 Å². The maximum absolute atomic E-state index is 12.4.